The number of furan rings is 1. The quantitative estimate of drug-likeness (QED) is 0.525. The van der Waals surface area contributed by atoms with E-state index in [1.165, 1.54) is 3.57 Å². The zero-order chi connectivity index (χ0) is 13.4. The van der Waals surface area contributed by atoms with Gasteiger partial charge in [0.25, 0.3) is 0 Å². The second kappa shape index (κ2) is 5.13. The number of fused-ring (bicyclic) bond motifs is 1. The van der Waals surface area contributed by atoms with Crippen molar-refractivity contribution in [1.82, 2.24) is 9.55 Å². The standard InChI is InChI=1S/C14H13IN2OS/c1-9(7-11-3-2-6-18-11)17-13-5-4-10(15)8-12(13)16-14(17)19/h2-6,8-9H,7H2,1H3,(H,16,19). The zero-order valence-electron chi connectivity index (χ0n) is 10.4. The second-order valence-corrected chi connectivity index (χ2v) is 6.23. The third-order valence-corrected chi connectivity index (χ3v) is 4.17. The molecule has 0 saturated heterocycles. The van der Waals surface area contributed by atoms with Gasteiger partial charge in [0.15, 0.2) is 4.77 Å². The smallest absolute Gasteiger partial charge is 0.178 e. The Balaban J connectivity index is 2.04. The van der Waals surface area contributed by atoms with E-state index in [2.05, 4.69) is 57.3 Å². The molecule has 19 heavy (non-hydrogen) atoms. The number of benzene rings is 1. The third kappa shape index (κ3) is 2.49. The van der Waals surface area contributed by atoms with Crippen LogP contribution in [0.3, 0.4) is 0 Å². The zero-order valence-corrected chi connectivity index (χ0v) is 13.4. The molecule has 1 aromatic carbocycles. The summed E-state index contributed by atoms with van der Waals surface area (Å²) in [7, 11) is 0. The maximum atomic E-state index is 5.44. The van der Waals surface area contributed by atoms with Gasteiger partial charge in [0.2, 0.25) is 0 Å². The largest absolute Gasteiger partial charge is 0.469 e. The number of hydrogen-bond donors (Lipinski definition) is 1. The number of halogens is 1. The third-order valence-electron chi connectivity index (χ3n) is 3.20. The van der Waals surface area contributed by atoms with Gasteiger partial charge in [-0.3, -0.25) is 0 Å². The SMILES string of the molecule is CC(Cc1ccco1)n1c(=S)[nH]c2cc(I)ccc21. The first-order valence-corrected chi connectivity index (χ1v) is 7.56. The van der Waals surface area contributed by atoms with Crippen LogP contribution in [-0.2, 0) is 6.42 Å². The van der Waals surface area contributed by atoms with Crippen molar-refractivity contribution in [3.8, 4) is 0 Å². The lowest BCUT2D eigenvalue weighted by Gasteiger charge is -2.13. The van der Waals surface area contributed by atoms with Gasteiger partial charge < -0.3 is 14.0 Å². The molecule has 0 bridgehead atoms. The van der Waals surface area contributed by atoms with Gasteiger partial charge in [0.05, 0.1) is 17.3 Å². The van der Waals surface area contributed by atoms with Crippen LogP contribution in [0.25, 0.3) is 11.0 Å². The monoisotopic (exact) mass is 384 g/mol. The highest BCUT2D eigenvalue weighted by Gasteiger charge is 2.13. The van der Waals surface area contributed by atoms with Crippen molar-refractivity contribution in [2.24, 2.45) is 0 Å². The maximum Gasteiger partial charge on any atom is 0.178 e. The van der Waals surface area contributed by atoms with Crippen molar-refractivity contribution < 1.29 is 4.42 Å². The van der Waals surface area contributed by atoms with E-state index in [0.717, 1.165) is 28.0 Å². The van der Waals surface area contributed by atoms with Crippen molar-refractivity contribution in [2.45, 2.75) is 19.4 Å². The molecule has 98 valence electrons. The highest BCUT2D eigenvalue weighted by atomic mass is 127. The van der Waals surface area contributed by atoms with Crippen LogP contribution in [0, 0.1) is 8.34 Å². The van der Waals surface area contributed by atoms with Gasteiger partial charge in [-0.15, -0.1) is 0 Å². The van der Waals surface area contributed by atoms with Crippen LogP contribution in [-0.4, -0.2) is 9.55 Å². The number of nitrogens with zero attached hydrogens (tertiary/aromatic N) is 1. The molecule has 2 aromatic heterocycles. The highest BCUT2D eigenvalue weighted by Crippen LogP contribution is 2.23. The Morgan fingerprint density at radius 2 is 2.26 bits per heavy atom. The summed E-state index contributed by atoms with van der Waals surface area (Å²) in [6.45, 7) is 2.16. The summed E-state index contributed by atoms with van der Waals surface area (Å²) in [6.07, 6.45) is 2.54. The van der Waals surface area contributed by atoms with Crippen molar-refractivity contribution in [3.63, 3.8) is 0 Å². The molecular weight excluding hydrogens is 371 g/mol. The van der Waals surface area contributed by atoms with Gasteiger partial charge in [0, 0.05) is 16.0 Å². The molecule has 1 atom stereocenters. The first-order valence-electron chi connectivity index (χ1n) is 6.07. The van der Waals surface area contributed by atoms with Crippen LogP contribution in [0.1, 0.15) is 18.7 Å². The molecule has 0 spiro atoms. The van der Waals surface area contributed by atoms with E-state index < -0.39 is 0 Å². The summed E-state index contributed by atoms with van der Waals surface area (Å²) in [4.78, 5) is 3.27. The molecular formula is C14H13IN2OS. The lowest BCUT2D eigenvalue weighted by atomic mass is 10.2. The molecule has 5 heteroatoms. The van der Waals surface area contributed by atoms with Gasteiger partial charge in [-0.25, -0.2) is 0 Å². The average Bonchev–Trinajstić information content (AvgIpc) is 2.95. The Morgan fingerprint density at radius 1 is 1.42 bits per heavy atom. The summed E-state index contributed by atoms with van der Waals surface area (Å²) in [5.74, 6) is 0.981. The lowest BCUT2D eigenvalue weighted by molar-refractivity contribution is 0.452. The van der Waals surface area contributed by atoms with Gasteiger partial charge in [-0.1, -0.05) is 0 Å². The first kappa shape index (κ1) is 12.9. The van der Waals surface area contributed by atoms with E-state index in [-0.39, 0.29) is 6.04 Å². The van der Waals surface area contributed by atoms with E-state index in [4.69, 9.17) is 16.6 Å². The molecule has 0 saturated carbocycles. The Morgan fingerprint density at radius 3 is 3.00 bits per heavy atom. The molecule has 3 nitrogen and oxygen atoms in total. The van der Waals surface area contributed by atoms with Crippen LogP contribution in [0.5, 0.6) is 0 Å². The molecule has 0 fully saturated rings. The number of nitrogens with one attached hydrogen (secondary N) is 1. The fourth-order valence-corrected chi connectivity index (χ4v) is 3.23. The van der Waals surface area contributed by atoms with E-state index >= 15 is 0 Å². The molecule has 0 aliphatic heterocycles. The highest BCUT2D eigenvalue weighted by molar-refractivity contribution is 14.1. The topological polar surface area (TPSA) is 33.9 Å². The Bertz CT molecular complexity index is 757. The maximum absolute atomic E-state index is 5.44. The molecule has 0 aliphatic carbocycles. The summed E-state index contributed by atoms with van der Waals surface area (Å²) in [6, 6.07) is 10.5. The average molecular weight is 384 g/mol. The second-order valence-electron chi connectivity index (χ2n) is 4.59. The molecule has 3 aromatic rings. The molecule has 1 N–H and O–H groups in total. The van der Waals surface area contributed by atoms with Crippen molar-refractivity contribution in [3.05, 3.63) is 50.7 Å². The minimum atomic E-state index is 0.257. The fraction of sp³-hybridized carbons (Fsp3) is 0.214. The first-order chi connectivity index (χ1) is 9.15. The lowest BCUT2D eigenvalue weighted by Crippen LogP contribution is -2.07. The molecule has 0 amide bonds. The number of rotatable bonds is 3. The normalized spacial score (nSPS) is 12.9. The summed E-state index contributed by atoms with van der Waals surface area (Å²) >= 11 is 7.75. The number of hydrogen-bond acceptors (Lipinski definition) is 2. The molecule has 3 rings (SSSR count). The fourth-order valence-electron chi connectivity index (χ4n) is 2.35. The molecule has 0 aliphatic rings. The Hall–Kier alpha value is -1.08. The Kier molecular flexibility index (Phi) is 3.49. The van der Waals surface area contributed by atoms with Crippen molar-refractivity contribution >= 4 is 45.8 Å². The van der Waals surface area contributed by atoms with Crippen LogP contribution in [0.15, 0.2) is 41.0 Å². The number of imidazole rings is 1. The van der Waals surface area contributed by atoms with E-state index in [0.29, 0.717) is 0 Å². The van der Waals surface area contributed by atoms with Crippen molar-refractivity contribution in [1.29, 1.82) is 0 Å². The summed E-state index contributed by atoms with van der Waals surface area (Å²) in [5.41, 5.74) is 2.23. The van der Waals surface area contributed by atoms with Crippen LogP contribution < -0.4 is 0 Å². The van der Waals surface area contributed by atoms with E-state index in [1.807, 2.05) is 12.1 Å². The molecule has 1 unspecified atom stereocenters. The van der Waals surface area contributed by atoms with Gasteiger partial charge in [0.1, 0.15) is 5.76 Å². The molecule has 2 heterocycles. The van der Waals surface area contributed by atoms with Crippen molar-refractivity contribution in [2.75, 3.05) is 0 Å². The van der Waals surface area contributed by atoms with Gasteiger partial charge in [-0.05, 0) is 72.1 Å². The van der Waals surface area contributed by atoms with Gasteiger partial charge in [-0.2, -0.15) is 0 Å². The van der Waals surface area contributed by atoms with Crippen LogP contribution in [0.2, 0.25) is 0 Å². The minimum absolute atomic E-state index is 0.257. The summed E-state index contributed by atoms with van der Waals surface area (Å²) < 4.78 is 9.53. The predicted molar refractivity (Wildman–Crippen MR) is 87.0 cm³/mol. The summed E-state index contributed by atoms with van der Waals surface area (Å²) in [5, 5.41) is 0. The predicted octanol–water partition coefficient (Wildman–Crippen LogP) is 4.70. The number of aromatic nitrogens is 2. The Labute approximate surface area is 129 Å². The van der Waals surface area contributed by atoms with E-state index in [9.17, 15) is 0 Å². The van der Waals surface area contributed by atoms with Crippen LogP contribution in [0.4, 0.5) is 0 Å². The van der Waals surface area contributed by atoms with Gasteiger partial charge >= 0.3 is 0 Å². The minimum Gasteiger partial charge on any atom is -0.469 e. The van der Waals surface area contributed by atoms with Crippen LogP contribution >= 0.6 is 34.8 Å². The number of aromatic amines is 1. The number of H-pyrrole nitrogens is 1. The molecule has 0 radical (unpaired) electrons. The van der Waals surface area contributed by atoms with E-state index in [1.54, 1.807) is 6.26 Å².